The number of carboxylic acid groups (broad SMARTS) is 1. The Kier molecular flexibility index (Phi) is 7.68. The van der Waals surface area contributed by atoms with Crippen LogP contribution in [0.25, 0.3) is 0 Å². The third kappa shape index (κ3) is 7.82. The molecular weight excluding hydrogens is 244 g/mol. The van der Waals surface area contributed by atoms with Crippen molar-refractivity contribution in [1.29, 1.82) is 0 Å². The maximum Gasteiger partial charge on any atom is 0.305 e. The number of amides is 1. The molecule has 0 rings (SSSR count). The maximum absolute atomic E-state index is 11.9. The molecule has 1 atom stereocenters. The fraction of sp³-hybridized carbons (Fsp3) is 0.857. The van der Waals surface area contributed by atoms with Crippen molar-refractivity contribution in [2.45, 2.75) is 46.5 Å². The lowest BCUT2D eigenvalue weighted by Crippen LogP contribution is -2.31. The average Bonchev–Trinajstić information content (AvgIpc) is 2.29. The van der Waals surface area contributed by atoms with Crippen molar-refractivity contribution < 1.29 is 14.7 Å². The Bertz CT molecular complexity index is 298. The number of nitrogens with two attached hydrogens (primary N) is 1. The number of hydrogen-bond donors (Lipinski definition) is 2. The van der Waals surface area contributed by atoms with Gasteiger partial charge in [0.15, 0.2) is 0 Å². The van der Waals surface area contributed by atoms with E-state index in [2.05, 4.69) is 20.8 Å². The van der Waals surface area contributed by atoms with E-state index in [4.69, 9.17) is 10.8 Å². The fourth-order valence-corrected chi connectivity index (χ4v) is 2.09. The van der Waals surface area contributed by atoms with Gasteiger partial charge in [-0.2, -0.15) is 0 Å². The molecule has 0 aromatic carbocycles. The second kappa shape index (κ2) is 8.15. The van der Waals surface area contributed by atoms with E-state index in [0.29, 0.717) is 18.9 Å². The lowest BCUT2D eigenvalue weighted by atomic mass is 9.76. The first kappa shape index (κ1) is 17.9. The van der Waals surface area contributed by atoms with Crippen LogP contribution >= 0.6 is 0 Å². The van der Waals surface area contributed by atoms with Gasteiger partial charge >= 0.3 is 5.97 Å². The van der Waals surface area contributed by atoms with Gasteiger partial charge < -0.3 is 15.7 Å². The third-order valence-electron chi connectivity index (χ3n) is 3.53. The highest BCUT2D eigenvalue weighted by atomic mass is 16.4. The van der Waals surface area contributed by atoms with Crippen molar-refractivity contribution in [2.75, 3.05) is 20.1 Å². The maximum atomic E-state index is 11.9. The Hall–Kier alpha value is -1.10. The van der Waals surface area contributed by atoms with Crippen LogP contribution in [0.4, 0.5) is 0 Å². The molecule has 0 saturated heterocycles. The molecule has 19 heavy (non-hydrogen) atoms. The summed E-state index contributed by atoms with van der Waals surface area (Å²) in [5.41, 5.74) is 5.75. The summed E-state index contributed by atoms with van der Waals surface area (Å²) in [6, 6.07) is 0. The minimum atomic E-state index is -0.879. The van der Waals surface area contributed by atoms with Gasteiger partial charge in [-0.05, 0) is 30.7 Å². The van der Waals surface area contributed by atoms with Gasteiger partial charge in [0, 0.05) is 20.0 Å². The number of rotatable bonds is 8. The molecule has 112 valence electrons. The Morgan fingerprint density at radius 2 is 1.79 bits per heavy atom. The lowest BCUT2D eigenvalue weighted by molar-refractivity contribution is -0.138. The molecule has 1 unspecified atom stereocenters. The van der Waals surface area contributed by atoms with E-state index in [-0.39, 0.29) is 24.3 Å². The van der Waals surface area contributed by atoms with Crippen LogP contribution in [0.5, 0.6) is 0 Å². The lowest BCUT2D eigenvalue weighted by Gasteiger charge is -2.31. The van der Waals surface area contributed by atoms with Crippen molar-refractivity contribution >= 4 is 11.9 Å². The minimum Gasteiger partial charge on any atom is -0.481 e. The zero-order chi connectivity index (χ0) is 15.1. The van der Waals surface area contributed by atoms with Crippen LogP contribution < -0.4 is 5.73 Å². The molecule has 3 N–H and O–H groups in total. The fourth-order valence-electron chi connectivity index (χ4n) is 2.09. The van der Waals surface area contributed by atoms with Gasteiger partial charge in [-0.3, -0.25) is 9.59 Å². The number of carbonyl (C=O) groups excluding carboxylic acids is 1. The van der Waals surface area contributed by atoms with Crippen LogP contribution in [0.3, 0.4) is 0 Å². The normalized spacial score (nSPS) is 13.1. The second-order valence-electron chi connectivity index (χ2n) is 6.14. The highest BCUT2D eigenvalue weighted by Crippen LogP contribution is 2.32. The second-order valence-corrected chi connectivity index (χ2v) is 6.14. The molecule has 0 spiro atoms. The summed E-state index contributed by atoms with van der Waals surface area (Å²) in [4.78, 5) is 23.8. The first-order valence-corrected chi connectivity index (χ1v) is 6.84. The van der Waals surface area contributed by atoms with Gasteiger partial charge in [0.2, 0.25) is 5.91 Å². The molecule has 0 aromatic rings. The number of aliphatic carboxylic acids is 1. The van der Waals surface area contributed by atoms with Gasteiger partial charge in [0.1, 0.15) is 0 Å². The average molecular weight is 272 g/mol. The van der Waals surface area contributed by atoms with Gasteiger partial charge in [-0.25, -0.2) is 0 Å². The molecule has 0 aliphatic heterocycles. The molecule has 5 nitrogen and oxygen atoms in total. The molecule has 0 aliphatic carbocycles. The Morgan fingerprint density at radius 1 is 1.21 bits per heavy atom. The molecule has 0 saturated carbocycles. The van der Waals surface area contributed by atoms with Crippen LogP contribution in [0, 0.1) is 11.3 Å². The van der Waals surface area contributed by atoms with E-state index in [1.54, 1.807) is 7.05 Å². The van der Waals surface area contributed by atoms with Crippen LogP contribution in [0.1, 0.15) is 46.5 Å². The monoisotopic (exact) mass is 272 g/mol. The Labute approximate surface area is 116 Å². The molecule has 1 amide bonds. The van der Waals surface area contributed by atoms with Crippen molar-refractivity contribution in [3.63, 3.8) is 0 Å². The Morgan fingerprint density at radius 3 is 2.21 bits per heavy atom. The zero-order valence-corrected chi connectivity index (χ0v) is 12.6. The summed E-state index contributed by atoms with van der Waals surface area (Å²) in [6.07, 6.45) is 2.17. The quantitative estimate of drug-likeness (QED) is 0.704. The van der Waals surface area contributed by atoms with E-state index >= 15 is 0 Å². The number of carboxylic acids is 1. The van der Waals surface area contributed by atoms with Crippen molar-refractivity contribution in [3.05, 3.63) is 0 Å². The molecule has 0 heterocycles. The topological polar surface area (TPSA) is 83.6 Å². The zero-order valence-electron chi connectivity index (χ0n) is 12.6. The third-order valence-corrected chi connectivity index (χ3v) is 3.53. The molecule has 0 radical (unpaired) electrons. The minimum absolute atomic E-state index is 0.00621. The standard InChI is InChI=1S/C14H28N2O3/c1-14(2,3)11(7-9-15)5-6-12(17)16(4)10-8-13(18)19/h11H,5-10,15H2,1-4H3,(H,18,19). The highest BCUT2D eigenvalue weighted by molar-refractivity contribution is 5.76. The van der Waals surface area contributed by atoms with E-state index in [1.807, 2.05) is 0 Å². The summed E-state index contributed by atoms with van der Waals surface area (Å²) in [6.45, 7) is 7.38. The summed E-state index contributed by atoms with van der Waals surface area (Å²) < 4.78 is 0. The SMILES string of the molecule is CN(CCC(=O)O)C(=O)CCC(CCN)C(C)(C)C. The summed E-state index contributed by atoms with van der Waals surface area (Å²) in [7, 11) is 1.65. The molecule has 0 aromatic heterocycles. The molecule has 0 fully saturated rings. The molecule has 0 bridgehead atoms. The van der Waals surface area contributed by atoms with Crippen LogP contribution in [0.15, 0.2) is 0 Å². The summed E-state index contributed by atoms with van der Waals surface area (Å²) in [5.74, 6) is -0.461. The van der Waals surface area contributed by atoms with E-state index in [9.17, 15) is 9.59 Å². The van der Waals surface area contributed by atoms with Crippen LogP contribution in [-0.4, -0.2) is 42.0 Å². The number of nitrogens with zero attached hydrogens (tertiary/aromatic N) is 1. The summed E-state index contributed by atoms with van der Waals surface area (Å²) in [5, 5.41) is 8.59. The largest absolute Gasteiger partial charge is 0.481 e. The Balaban J connectivity index is 4.21. The number of hydrogen-bond acceptors (Lipinski definition) is 3. The summed E-state index contributed by atoms with van der Waals surface area (Å²) >= 11 is 0. The molecule has 0 aliphatic rings. The predicted molar refractivity (Wildman–Crippen MR) is 75.7 cm³/mol. The predicted octanol–water partition coefficient (Wildman–Crippen LogP) is 1.71. The van der Waals surface area contributed by atoms with E-state index < -0.39 is 5.97 Å². The van der Waals surface area contributed by atoms with Crippen molar-refractivity contribution in [3.8, 4) is 0 Å². The van der Waals surface area contributed by atoms with Crippen LogP contribution in [0.2, 0.25) is 0 Å². The molecular formula is C14H28N2O3. The van der Waals surface area contributed by atoms with E-state index in [0.717, 1.165) is 12.8 Å². The smallest absolute Gasteiger partial charge is 0.305 e. The van der Waals surface area contributed by atoms with Gasteiger partial charge in [-0.15, -0.1) is 0 Å². The first-order chi connectivity index (χ1) is 8.68. The number of carbonyl (C=O) groups is 2. The highest BCUT2D eigenvalue weighted by Gasteiger charge is 2.24. The van der Waals surface area contributed by atoms with Gasteiger partial charge in [0.25, 0.3) is 0 Å². The van der Waals surface area contributed by atoms with Gasteiger partial charge in [0.05, 0.1) is 6.42 Å². The molecule has 5 heteroatoms. The van der Waals surface area contributed by atoms with Crippen molar-refractivity contribution in [1.82, 2.24) is 4.90 Å². The van der Waals surface area contributed by atoms with Crippen molar-refractivity contribution in [2.24, 2.45) is 17.1 Å². The first-order valence-electron chi connectivity index (χ1n) is 6.84. The van der Waals surface area contributed by atoms with Crippen LogP contribution in [-0.2, 0) is 9.59 Å². The van der Waals surface area contributed by atoms with Gasteiger partial charge in [-0.1, -0.05) is 20.8 Å². The van der Waals surface area contributed by atoms with E-state index in [1.165, 1.54) is 4.90 Å².